The van der Waals surface area contributed by atoms with Gasteiger partial charge in [0.1, 0.15) is 0 Å². The van der Waals surface area contributed by atoms with E-state index in [-0.39, 0.29) is 5.91 Å². The first-order chi connectivity index (χ1) is 11.5. The molecule has 1 amide bonds. The van der Waals surface area contributed by atoms with E-state index in [0.717, 1.165) is 47.9 Å². The first-order valence-electron chi connectivity index (χ1n) is 8.57. The second-order valence-corrected chi connectivity index (χ2v) is 7.69. The van der Waals surface area contributed by atoms with E-state index in [2.05, 4.69) is 27.5 Å². The van der Waals surface area contributed by atoms with Gasteiger partial charge in [-0.15, -0.1) is 11.3 Å². The first kappa shape index (κ1) is 17.1. The second-order valence-electron chi connectivity index (χ2n) is 6.83. The Labute approximate surface area is 147 Å². The number of rotatable bonds is 4. The molecule has 1 atom stereocenters. The van der Waals surface area contributed by atoms with E-state index < -0.39 is 0 Å². The van der Waals surface area contributed by atoms with Gasteiger partial charge in [-0.25, -0.2) is 4.98 Å². The van der Waals surface area contributed by atoms with Gasteiger partial charge in [-0.3, -0.25) is 15.0 Å². The van der Waals surface area contributed by atoms with Crippen LogP contribution in [0.2, 0.25) is 0 Å². The number of carbonyl (C=O) groups excluding carboxylic acids is 1. The highest BCUT2D eigenvalue weighted by molar-refractivity contribution is 7.13. The van der Waals surface area contributed by atoms with Gasteiger partial charge in [0.15, 0.2) is 5.13 Å². The molecule has 0 aliphatic carbocycles. The largest absolute Gasteiger partial charge is 0.298 e. The van der Waals surface area contributed by atoms with Crippen molar-refractivity contribution in [3.63, 3.8) is 0 Å². The Hall–Kier alpha value is -1.72. The van der Waals surface area contributed by atoms with E-state index in [1.807, 2.05) is 32.0 Å². The van der Waals surface area contributed by atoms with Crippen LogP contribution in [0.3, 0.4) is 0 Å². The summed E-state index contributed by atoms with van der Waals surface area (Å²) in [7, 11) is 0. The molecule has 1 aromatic carbocycles. The minimum absolute atomic E-state index is 0.0799. The van der Waals surface area contributed by atoms with Crippen LogP contribution in [0.4, 0.5) is 5.13 Å². The lowest BCUT2D eigenvalue weighted by molar-refractivity contribution is 0.102. The summed E-state index contributed by atoms with van der Waals surface area (Å²) in [5.74, 6) is 0.685. The molecule has 2 aromatic rings. The van der Waals surface area contributed by atoms with Gasteiger partial charge >= 0.3 is 0 Å². The minimum atomic E-state index is -0.0799. The van der Waals surface area contributed by atoms with Crippen LogP contribution in [0.15, 0.2) is 23.6 Å². The predicted octanol–water partition coefficient (Wildman–Crippen LogP) is 4.24. The van der Waals surface area contributed by atoms with Gasteiger partial charge in [0.05, 0.1) is 5.69 Å². The molecule has 0 bridgehead atoms. The summed E-state index contributed by atoms with van der Waals surface area (Å²) < 4.78 is 0. The number of hydrogen-bond donors (Lipinski definition) is 1. The standard InChI is InChI=1S/C19H25N3OS/c1-13-6-5-9-22(10-13)11-16-12-24-19(20-16)21-18(23)17-8-4-7-14(2)15(17)3/h4,7-8,12-13H,5-6,9-11H2,1-3H3,(H,20,21,23)/t13-/m1/s1. The van der Waals surface area contributed by atoms with Gasteiger partial charge in [0, 0.05) is 24.0 Å². The van der Waals surface area contributed by atoms with Crippen LogP contribution in [0.5, 0.6) is 0 Å². The number of amides is 1. The summed E-state index contributed by atoms with van der Waals surface area (Å²) in [4.78, 5) is 19.5. The fourth-order valence-corrected chi connectivity index (χ4v) is 3.95. The predicted molar refractivity (Wildman–Crippen MR) is 99.7 cm³/mol. The molecular formula is C19H25N3OS. The van der Waals surface area contributed by atoms with E-state index in [4.69, 9.17) is 0 Å². The molecule has 128 valence electrons. The Morgan fingerprint density at radius 3 is 3.04 bits per heavy atom. The van der Waals surface area contributed by atoms with Gasteiger partial charge in [-0.05, 0) is 56.3 Å². The number of piperidine rings is 1. The van der Waals surface area contributed by atoms with Crippen molar-refractivity contribution in [2.75, 3.05) is 18.4 Å². The number of likely N-dealkylation sites (tertiary alicyclic amines) is 1. The summed E-state index contributed by atoms with van der Waals surface area (Å²) >= 11 is 1.50. The molecule has 1 aromatic heterocycles. The summed E-state index contributed by atoms with van der Waals surface area (Å²) in [5, 5.41) is 5.68. The normalized spacial score (nSPS) is 18.5. The van der Waals surface area contributed by atoms with Crippen molar-refractivity contribution in [1.82, 2.24) is 9.88 Å². The molecule has 1 saturated heterocycles. The quantitative estimate of drug-likeness (QED) is 0.903. The molecule has 2 heterocycles. The summed E-state index contributed by atoms with van der Waals surface area (Å²) in [5.41, 5.74) is 3.91. The Morgan fingerprint density at radius 1 is 1.42 bits per heavy atom. The molecule has 4 nitrogen and oxygen atoms in total. The van der Waals surface area contributed by atoms with Crippen molar-refractivity contribution in [3.05, 3.63) is 46.0 Å². The van der Waals surface area contributed by atoms with Crippen molar-refractivity contribution in [1.29, 1.82) is 0 Å². The average Bonchev–Trinajstić information content (AvgIpc) is 2.97. The number of carbonyl (C=O) groups is 1. The van der Waals surface area contributed by atoms with E-state index >= 15 is 0 Å². The monoisotopic (exact) mass is 343 g/mol. The lowest BCUT2D eigenvalue weighted by atomic mass is 10.0. The van der Waals surface area contributed by atoms with Crippen molar-refractivity contribution in [2.24, 2.45) is 5.92 Å². The maximum Gasteiger partial charge on any atom is 0.257 e. The van der Waals surface area contributed by atoms with Gasteiger partial charge in [-0.1, -0.05) is 19.1 Å². The third-order valence-electron chi connectivity index (χ3n) is 4.75. The van der Waals surface area contributed by atoms with E-state index in [1.165, 1.54) is 24.2 Å². The molecule has 1 N–H and O–H groups in total. The van der Waals surface area contributed by atoms with Gasteiger partial charge in [0.25, 0.3) is 5.91 Å². The number of anilines is 1. The van der Waals surface area contributed by atoms with Crippen LogP contribution in [-0.2, 0) is 6.54 Å². The zero-order valence-electron chi connectivity index (χ0n) is 14.6. The van der Waals surface area contributed by atoms with Crippen LogP contribution < -0.4 is 5.32 Å². The van der Waals surface area contributed by atoms with Crippen LogP contribution in [-0.4, -0.2) is 28.9 Å². The number of nitrogens with one attached hydrogen (secondary N) is 1. The van der Waals surface area contributed by atoms with Gasteiger partial charge in [-0.2, -0.15) is 0 Å². The number of hydrogen-bond acceptors (Lipinski definition) is 4. The lowest BCUT2D eigenvalue weighted by Gasteiger charge is -2.30. The fraction of sp³-hybridized carbons (Fsp3) is 0.474. The third kappa shape index (κ3) is 4.02. The zero-order chi connectivity index (χ0) is 17.1. The van der Waals surface area contributed by atoms with Crippen molar-refractivity contribution >= 4 is 22.4 Å². The molecule has 1 aliphatic rings. The van der Waals surface area contributed by atoms with E-state index in [9.17, 15) is 4.79 Å². The van der Waals surface area contributed by atoms with E-state index in [1.54, 1.807) is 0 Å². The highest BCUT2D eigenvalue weighted by atomic mass is 32.1. The zero-order valence-corrected chi connectivity index (χ0v) is 15.4. The van der Waals surface area contributed by atoms with Crippen LogP contribution in [0.25, 0.3) is 0 Å². The van der Waals surface area contributed by atoms with Crippen LogP contribution in [0.1, 0.15) is 46.9 Å². The van der Waals surface area contributed by atoms with E-state index in [0.29, 0.717) is 5.13 Å². The number of aromatic nitrogens is 1. The van der Waals surface area contributed by atoms with Crippen LogP contribution in [0, 0.1) is 19.8 Å². The average molecular weight is 343 g/mol. The molecule has 0 unspecified atom stereocenters. The lowest BCUT2D eigenvalue weighted by Crippen LogP contribution is -2.33. The molecule has 0 saturated carbocycles. The Morgan fingerprint density at radius 2 is 2.25 bits per heavy atom. The summed E-state index contributed by atoms with van der Waals surface area (Å²) in [6.07, 6.45) is 2.59. The van der Waals surface area contributed by atoms with Crippen molar-refractivity contribution < 1.29 is 4.79 Å². The Bertz CT molecular complexity index is 725. The smallest absolute Gasteiger partial charge is 0.257 e. The molecular weight excluding hydrogens is 318 g/mol. The summed E-state index contributed by atoms with van der Waals surface area (Å²) in [6.45, 7) is 9.47. The fourth-order valence-electron chi connectivity index (χ4n) is 3.26. The molecule has 0 radical (unpaired) electrons. The number of thiazole rings is 1. The number of benzene rings is 1. The molecule has 3 rings (SSSR count). The minimum Gasteiger partial charge on any atom is -0.298 e. The summed E-state index contributed by atoms with van der Waals surface area (Å²) in [6, 6.07) is 5.80. The maximum atomic E-state index is 12.5. The van der Waals surface area contributed by atoms with Crippen LogP contribution >= 0.6 is 11.3 Å². The molecule has 1 fully saturated rings. The highest BCUT2D eigenvalue weighted by Gasteiger charge is 2.18. The highest BCUT2D eigenvalue weighted by Crippen LogP contribution is 2.22. The van der Waals surface area contributed by atoms with Gasteiger partial charge < -0.3 is 0 Å². The third-order valence-corrected chi connectivity index (χ3v) is 5.55. The van der Waals surface area contributed by atoms with Crippen molar-refractivity contribution in [2.45, 2.75) is 40.2 Å². The molecule has 24 heavy (non-hydrogen) atoms. The number of aryl methyl sites for hydroxylation is 1. The molecule has 5 heteroatoms. The van der Waals surface area contributed by atoms with Gasteiger partial charge in [0.2, 0.25) is 0 Å². The second kappa shape index (κ2) is 7.45. The molecule has 0 spiro atoms. The first-order valence-corrected chi connectivity index (χ1v) is 9.45. The SMILES string of the molecule is Cc1cccc(C(=O)Nc2nc(CN3CCC[C@@H](C)C3)cs2)c1C. The maximum absolute atomic E-state index is 12.5. The molecule has 1 aliphatic heterocycles. The van der Waals surface area contributed by atoms with Crippen molar-refractivity contribution in [3.8, 4) is 0 Å². The Kier molecular flexibility index (Phi) is 5.31. The number of nitrogens with zero attached hydrogens (tertiary/aromatic N) is 2. The Balaban J connectivity index is 1.63. The topological polar surface area (TPSA) is 45.2 Å².